The molecule has 0 aliphatic carbocycles. The fourth-order valence-electron chi connectivity index (χ4n) is 1.46. The molecule has 0 aromatic rings. The van der Waals surface area contributed by atoms with Crippen molar-refractivity contribution >= 4 is 11.7 Å². The van der Waals surface area contributed by atoms with E-state index >= 15 is 0 Å². The summed E-state index contributed by atoms with van der Waals surface area (Å²) in [5, 5.41) is 2.76. The Morgan fingerprint density at radius 1 is 1.57 bits per heavy atom. The third-order valence-corrected chi connectivity index (χ3v) is 2.19. The summed E-state index contributed by atoms with van der Waals surface area (Å²) in [5.41, 5.74) is 0. The second-order valence-corrected chi connectivity index (χ2v) is 3.41. The number of amidine groups is 1. The van der Waals surface area contributed by atoms with Crippen LogP contribution in [0, 0.1) is 0 Å². The summed E-state index contributed by atoms with van der Waals surface area (Å²) in [4.78, 5) is 15.5. The van der Waals surface area contributed by atoms with Crippen molar-refractivity contribution in [3.05, 3.63) is 0 Å². The number of amides is 1. The average Bonchev–Trinajstić information content (AvgIpc) is 2.47. The van der Waals surface area contributed by atoms with Crippen LogP contribution in [0.25, 0.3) is 0 Å². The molecule has 0 saturated carbocycles. The van der Waals surface area contributed by atoms with E-state index in [1.54, 1.807) is 6.92 Å². The van der Waals surface area contributed by atoms with Crippen LogP contribution in [0.2, 0.25) is 0 Å². The van der Waals surface area contributed by atoms with Crippen LogP contribution in [0.3, 0.4) is 0 Å². The van der Waals surface area contributed by atoms with Crippen LogP contribution in [0.5, 0.6) is 0 Å². The molecule has 1 aliphatic heterocycles. The van der Waals surface area contributed by atoms with Crippen LogP contribution in [0.15, 0.2) is 4.99 Å². The van der Waals surface area contributed by atoms with Crippen molar-refractivity contribution in [1.29, 1.82) is 0 Å². The third kappa shape index (κ3) is 2.54. The van der Waals surface area contributed by atoms with Crippen molar-refractivity contribution in [1.82, 2.24) is 5.32 Å². The highest BCUT2D eigenvalue weighted by Crippen LogP contribution is 2.09. The number of nitrogens with one attached hydrogen (secondary N) is 1. The van der Waals surface area contributed by atoms with Gasteiger partial charge in [-0.3, -0.25) is 9.79 Å². The van der Waals surface area contributed by atoms with E-state index in [0.29, 0.717) is 12.4 Å². The molecule has 14 heavy (non-hydrogen) atoms. The molecule has 1 heterocycles. The first kappa shape index (κ1) is 11.2. The summed E-state index contributed by atoms with van der Waals surface area (Å²) in [6.45, 7) is 6.47. The van der Waals surface area contributed by atoms with Gasteiger partial charge in [0.05, 0.1) is 0 Å². The number of aliphatic imine (C=N–C) groups is 1. The average molecular weight is 198 g/mol. The lowest BCUT2D eigenvalue weighted by molar-refractivity contribution is -0.119. The van der Waals surface area contributed by atoms with Crippen LogP contribution in [-0.2, 0) is 9.53 Å². The van der Waals surface area contributed by atoms with E-state index in [1.807, 2.05) is 6.92 Å². The third-order valence-electron chi connectivity index (χ3n) is 2.19. The SMILES string of the molecule is CCCC(OCC)C1=NC(C)C(=O)N1. The summed E-state index contributed by atoms with van der Waals surface area (Å²) in [5.74, 6) is 0.673. The van der Waals surface area contributed by atoms with Crippen LogP contribution >= 0.6 is 0 Å². The Morgan fingerprint density at radius 2 is 2.29 bits per heavy atom. The molecular weight excluding hydrogens is 180 g/mol. The monoisotopic (exact) mass is 198 g/mol. The minimum atomic E-state index is -0.259. The predicted octanol–water partition coefficient (Wildman–Crippen LogP) is 1.11. The van der Waals surface area contributed by atoms with E-state index in [2.05, 4.69) is 17.2 Å². The Bertz CT molecular complexity index is 232. The van der Waals surface area contributed by atoms with Gasteiger partial charge in [0, 0.05) is 6.61 Å². The number of ether oxygens (including phenoxy) is 1. The van der Waals surface area contributed by atoms with Gasteiger partial charge in [-0.25, -0.2) is 0 Å². The molecule has 4 nitrogen and oxygen atoms in total. The van der Waals surface area contributed by atoms with Crippen LogP contribution in [0.4, 0.5) is 0 Å². The molecule has 1 rings (SSSR count). The summed E-state index contributed by atoms with van der Waals surface area (Å²) in [7, 11) is 0. The molecule has 80 valence electrons. The van der Waals surface area contributed by atoms with Crippen molar-refractivity contribution in [3.63, 3.8) is 0 Å². The van der Waals surface area contributed by atoms with E-state index in [0.717, 1.165) is 12.8 Å². The van der Waals surface area contributed by atoms with Gasteiger partial charge in [-0.05, 0) is 20.3 Å². The first-order valence-electron chi connectivity index (χ1n) is 5.19. The minimum Gasteiger partial charge on any atom is -0.371 e. The predicted molar refractivity (Wildman–Crippen MR) is 55.4 cm³/mol. The highest BCUT2D eigenvalue weighted by atomic mass is 16.5. The normalized spacial score (nSPS) is 23.2. The van der Waals surface area contributed by atoms with Crippen molar-refractivity contribution < 1.29 is 9.53 Å². The first-order valence-corrected chi connectivity index (χ1v) is 5.19. The Morgan fingerprint density at radius 3 is 2.71 bits per heavy atom. The Hall–Kier alpha value is -0.900. The fourth-order valence-corrected chi connectivity index (χ4v) is 1.46. The number of hydrogen-bond acceptors (Lipinski definition) is 3. The molecule has 0 radical (unpaired) electrons. The van der Waals surface area contributed by atoms with Crippen LogP contribution in [0.1, 0.15) is 33.6 Å². The van der Waals surface area contributed by atoms with E-state index in [4.69, 9.17) is 4.74 Å². The van der Waals surface area contributed by atoms with Crippen molar-refractivity contribution in [2.24, 2.45) is 4.99 Å². The maximum atomic E-state index is 11.2. The molecule has 1 N–H and O–H groups in total. The zero-order chi connectivity index (χ0) is 10.6. The molecule has 2 atom stereocenters. The summed E-state index contributed by atoms with van der Waals surface area (Å²) in [6, 6.07) is -0.259. The Balaban J connectivity index is 2.60. The van der Waals surface area contributed by atoms with Gasteiger partial charge in [-0.2, -0.15) is 0 Å². The van der Waals surface area contributed by atoms with Crippen molar-refractivity contribution in [2.75, 3.05) is 6.61 Å². The van der Waals surface area contributed by atoms with E-state index < -0.39 is 0 Å². The molecule has 0 aromatic heterocycles. The lowest BCUT2D eigenvalue weighted by Gasteiger charge is -2.15. The number of rotatable bonds is 5. The standard InChI is InChI=1S/C10H18N2O2/c1-4-6-8(14-5-2)9-11-7(3)10(13)12-9/h7-8H,4-6H2,1-3H3,(H,11,12,13). The fraction of sp³-hybridized carbons (Fsp3) is 0.800. The maximum absolute atomic E-state index is 11.2. The van der Waals surface area contributed by atoms with Gasteiger partial charge >= 0.3 is 0 Å². The lowest BCUT2D eigenvalue weighted by atomic mass is 10.2. The van der Waals surface area contributed by atoms with Gasteiger partial charge in [0.25, 0.3) is 0 Å². The molecule has 1 aliphatic rings. The van der Waals surface area contributed by atoms with Gasteiger partial charge in [-0.1, -0.05) is 13.3 Å². The second kappa shape index (κ2) is 5.10. The molecule has 0 spiro atoms. The summed E-state index contributed by atoms with van der Waals surface area (Å²) in [6.07, 6.45) is 1.88. The van der Waals surface area contributed by atoms with E-state index in [9.17, 15) is 4.79 Å². The first-order chi connectivity index (χ1) is 6.69. The van der Waals surface area contributed by atoms with Crippen molar-refractivity contribution in [3.8, 4) is 0 Å². The molecule has 0 bridgehead atoms. The summed E-state index contributed by atoms with van der Waals surface area (Å²) < 4.78 is 5.52. The Kier molecular flexibility index (Phi) is 4.07. The quantitative estimate of drug-likeness (QED) is 0.719. The lowest BCUT2D eigenvalue weighted by Crippen LogP contribution is -2.36. The largest absolute Gasteiger partial charge is 0.371 e. The number of carbonyl (C=O) groups excluding carboxylic acids is 1. The molecule has 1 amide bonds. The summed E-state index contributed by atoms with van der Waals surface area (Å²) >= 11 is 0. The van der Waals surface area contributed by atoms with Gasteiger partial charge in [0.1, 0.15) is 18.0 Å². The van der Waals surface area contributed by atoms with Gasteiger partial charge in [0.15, 0.2) is 0 Å². The van der Waals surface area contributed by atoms with Crippen LogP contribution < -0.4 is 5.32 Å². The molecular formula is C10H18N2O2. The molecule has 2 unspecified atom stereocenters. The maximum Gasteiger partial charge on any atom is 0.249 e. The molecule has 0 aromatic carbocycles. The topological polar surface area (TPSA) is 50.7 Å². The highest BCUT2D eigenvalue weighted by Gasteiger charge is 2.27. The van der Waals surface area contributed by atoms with Crippen molar-refractivity contribution in [2.45, 2.75) is 45.8 Å². The molecule has 0 saturated heterocycles. The number of hydrogen-bond donors (Lipinski definition) is 1. The number of carbonyl (C=O) groups is 1. The second-order valence-electron chi connectivity index (χ2n) is 3.41. The van der Waals surface area contributed by atoms with Gasteiger partial charge < -0.3 is 10.1 Å². The van der Waals surface area contributed by atoms with E-state index in [-0.39, 0.29) is 18.1 Å². The Labute approximate surface area is 84.7 Å². The zero-order valence-corrected chi connectivity index (χ0v) is 9.04. The number of nitrogens with zero attached hydrogens (tertiary/aromatic N) is 1. The van der Waals surface area contributed by atoms with E-state index in [1.165, 1.54) is 0 Å². The van der Waals surface area contributed by atoms with Crippen LogP contribution in [-0.4, -0.2) is 30.5 Å². The highest BCUT2D eigenvalue weighted by molar-refractivity contribution is 6.07. The van der Waals surface area contributed by atoms with Gasteiger partial charge in [-0.15, -0.1) is 0 Å². The minimum absolute atomic E-state index is 0.0270. The molecule has 4 heteroatoms. The smallest absolute Gasteiger partial charge is 0.249 e. The van der Waals surface area contributed by atoms with Gasteiger partial charge in [0.2, 0.25) is 5.91 Å². The molecule has 0 fully saturated rings. The zero-order valence-electron chi connectivity index (χ0n) is 9.04.